The zero-order chi connectivity index (χ0) is 26.4. The number of rotatable bonds is 12. The number of aliphatic hydroxyl groups is 1. The number of aliphatic imine (C=N–C) groups is 1. The number of aliphatic hydroxyl groups excluding tert-OH is 1. The summed E-state index contributed by atoms with van der Waals surface area (Å²) in [5.41, 5.74) is 3.48. The van der Waals surface area contributed by atoms with Crippen molar-refractivity contribution < 1.29 is 9.90 Å². The van der Waals surface area contributed by atoms with E-state index in [1.165, 1.54) is 0 Å². The molecule has 1 unspecified atom stereocenters. The molecule has 1 heterocycles. The number of nitrogens with one attached hydrogen (secondary N) is 2. The minimum atomic E-state index is -0.603. The second kappa shape index (κ2) is 22.0. The number of pyridine rings is 1. The van der Waals surface area contributed by atoms with E-state index >= 15 is 0 Å². The lowest BCUT2D eigenvalue weighted by Crippen LogP contribution is -2.30. The minimum Gasteiger partial charge on any atom is -0.387 e. The Balaban J connectivity index is 0. The molecule has 34 heavy (non-hydrogen) atoms. The number of allylic oxidation sites excluding steroid dienone is 5. The molecule has 0 fully saturated rings. The summed E-state index contributed by atoms with van der Waals surface area (Å²) in [5.74, 6) is -0.110. The Bertz CT molecular complexity index is 796. The third kappa shape index (κ3) is 15.9. The first-order valence-electron chi connectivity index (χ1n) is 12.1. The van der Waals surface area contributed by atoms with Gasteiger partial charge in [0.05, 0.1) is 12.5 Å². The lowest BCUT2D eigenvalue weighted by Gasteiger charge is -2.18. The lowest BCUT2D eigenvalue weighted by molar-refractivity contribution is -0.118. The van der Waals surface area contributed by atoms with Crippen molar-refractivity contribution >= 4 is 11.6 Å². The van der Waals surface area contributed by atoms with Crippen LogP contribution in [0.4, 0.5) is 0 Å². The molecule has 1 aromatic heterocycles. The van der Waals surface area contributed by atoms with Crippen LogP contribution in [0.25, 0.3) is 0 Å². The number of carbonyl (C=O) groups is 1. The molecule has 0 aliphatic rings. The predicted molar refractivity (Wildman–Crippen MR) is 147 cm³/mol. The Morgan fingerprint density at radius 3 is 2.50 bits per heavy atom. The van der Waals surface area contributed by atoms with Gasteiger partial charge in [0.1, 0.15) is 0 Å². The first-order chi connectivity index (χ1) is 16.4. The second-order valence-electron chi connectivity index (χ2n) is 7.09. The topological polar surface area (TPSA) is 86.6 Å². The molecule has 0 spiro atoms. The second-order valence-corrected chi connectivity index (χ2v) is 7.09. The number of carbonyl (C=O) groups excluding carboxylic acids is 1. The summed E-state index contributed by atoms with van der Waals surface area (Å²) in [6.45, 7) is 18.2. The molecular weight excluding hydrogens is 424 g/mol. The van der Waals surface area contributed by atoms with Gasteiger partial charge in [-0.25, -0.2) is 0 Å². The van der Waals surface area contributed by atoms with Gasteiger partial charge in [-0.2, -0.15) is 0 Å². The fraction of sp³-hybridized carbons (Fsp3) is 0.464. The van der Waals surface area contributed by atoms with Crippen LogP contribution in [0.1, 0.15) is 73.0 Å². The van der Waals surface area contributed by atoms with Crippen LogP contribution in [0.3, 0.4) is 0 Å². The molecule has 0 bridgehead atoms. The van der Waals surface area contributed by atoms with Gasteiger partial charge in [-0.05, 0) is 50.5 Å². The van der Waals surface area contributed by atoms with Crippen LogP contribution in [0.5, 0.6) is 0 Å². The van der Waals surface area contributed by atoms with Crippen LogP contribution in [0, 0.1) is 0 Å². The van der Waals surface area contributed by atoms with Crippen LogP contribution in [0.2, 0.25) is 0 Å². The third-order valence-corrected chi connectivity index (χ3v) is 4.39. The van der Waals surface area contributed by atoms with Crippen molar-refractivity contribution in [3.8, 4) is 0 Å². The normalized spacial score (nSPS) is 13.7. The van der Waals surface area contributed by atoms with Crippen LogP contribution in [-0.2, 0) is 4.79 Å². The van der Waals surface area contributed by atoms with E-state index in [0.29, 0.717) is 6.54 Å². The van der Waals surface area contributed by atoms with Crippen molar-refractivity contribution in [2.75, 3.05) is 13.6 Å². The molecule has 0 saturated carbocycles. The maximum Gasteiger partial charge on any atom is 0.229 e. The summed E-state index contributed by atoms with van der Waals surface area (Å²) < 4.78 is 0. The van der Waals surface area contributed by atoms with Gasteiger partial charge in [0.2, 0.25) is 5.91 Å². The van der Waals surface area contributed by atoms with Gasteiger partial charge in [-0.1, -0.05) is 58.6 Å². The van der Waals surface area contributed by atoms with E-state index in [4.69, 9.17) is 0 Å². The molecule has 0 saturated heterocycles. The average Bonchev–Trinajstić information content (AvgIpc) is 2.88. The van der Waals surface area contributed by atoms with Gasteiger partial charge in [0, 0.05) is 49.5 Å². The average molecular weight is 471 g/mol. The molecule has 1 amide bonds. The standard InChI is InChI=1S/C24H34N4O2.2C2H6/c1-6-9-22(25-5)14-24(30)28-15-18(3)12-20(7-2)13-19(4)27-17-23(29)21-10-8-11-26-16-21;2*1-2/h6-12,15-16,19,23,27,29H,2,13-14,17H2,1,3-5H3,(H,28,30);2*1-2H3/b9-6-,18-15+,20-12+,25-22?;;/t19?,23-;;/m0../s1. The Morgan fingerprint density at radius 2 is 1.97 bits per heavy atom. The zero-order valence-corrected chi connectivity index (χ0v) is 22.4. The highest BCUT2D eigenvalue weighted by molar-refractivity contribution is 6.07. The molecule has 0 aromatic carbocycles. The van der Waals surface area contributed by atoms with Crippen LogP contribution in [-0.4, -0.2) is 41.3 Å². The Hall–Kier alpha value is -2.83. The molecule has 1 rings (SSSR count). The maximum atomic E-state index is 12.0. The highest BCUT2D eigenvalue weighted by atomic mass is 16.3. The van der Waals surface area contributed by atoms with E-state index in [1.54, 1.807) is 25.6 Å². The van der Waals surface area contributed by atoms with Gasteiger partial charge in [-0.3, -0.25) is 14.8 Å². The Kier molecular flexibility index (Phi) is 21.6. The molecule has 6 nitrogen and oxygen atoms in total. The van der Waals surface area contributed by atoms with E-state index in [-0.39, 0.29) is 18.4 Å². The van der Waals surface area contributed by atoms with Crippen molar-refractivity contribution in [2.45, 2.75) is 73.5 Å². The fourth-order valence-electron chi connectivity index (χ4n) is 2.78. The summed E-state index contributed by atoms with van der Waals surface area (Å²) >= 11 is 0. The molecule has 6 heteroatoms. The summed E-state index contributed by atoms with van der Waals surface area (Å²) in [4.78, 5) is 20.2. The molecule has 0 aliphatic carbocycles. The highest BCUT2D eigenvalue weighted by Crippen LogP contribution is 2.13. The maximum absolute atomic E-state index is 12.0. The van der Waals surface area contributed by atoms with Gasteiger partial charge in [0.15, 0.2) is 0 Å². The molecule has 3 N–H and O–H groups in total. The van der Waals surface area contributed by atoms with Crippen LogP contribution >= 0.6 is 0 Å². The summed E-state index contributed by atoms with van der Waals surface area (Å²) in [5, 5.41) is 16.4. The quantitative estimate of drug-likeness (QED) is 0.270. The van der Waals surface area contributed by atoms with E-state index in [2.05, 4.69) is 34.1 Å². The van der Waals surface area contributed by atoms with Crippen LogP contribution < -0.4 is 10.6 Å². The molecule has 0 aliphatic heterocycles. The number of amides is 1. The first-order valence-corrected chi connectivity index (χ1v) is 12.1. The molecule has 0 radical (unpaired) electrons. The largest absolute Gasteiger partial charge is 0.387 e. The number of hydrogen-bond acceptors (Lipinski definition) is 5. The highest BCUT2D eigenvalue weighted by Gasteiger charge is 2.10. The van der Waals surface area contributed by atoms with Crippen molar-refractivity contribution in [3.05, 3.63) is 78.3 Å². The molecular formula is C28H46N4O2. The van der Waals surface area contributed by atoms with E-state index in [1.807, 2.05) is 78.0 Å². The van der Waals surface area contributed by atoms with E-state index in [0.717, 1.165) is 28.8 Å². The monoisotopic (exact) mass is 470 g/mol. The van der Waals surface area contributed by atoms with Crippen molar-refractivity contribution in [2.24, 2.45) is 4.99 Å². The summed E-state index contributed by atoms with van der Waals surface area (Å²) in [6.07, 6.45) is 12.9. The van der Waals surface area contributed by atoms with Gasteiger partial charge in [0.25, 0.3) is 0 Å². The van der Waals surface area contributed by atoms with Crippen molar-refractivity contribution in [3.63, 3.8) is 0 Å². The smallest absolute Gasteiger partial charge is 0.229 e. The number of aromatic nitrogens is 1. The van der Waals surface area contributed by atoms with E-state index < -0.39 is 6.10 Å². The molecule has 190 valence electrons. The SMILES string of the molecule is C=C/C(=C\C(C)=C\NC(=O)CC(/C=C\C)=NC)CC(C)NC[C@H](O)c1cccnc1.CC.CC. The summed E-state index contributed by atoms with van der Waals surface area (Å²) in [7, 11) is 1.67. The van der Waals surface area contributed by atoms with Crippen molar-refractivity contribution in [1.82, 2.24) is 15.6 Å². The van der Waals surface area contributed by atoms with Gasteiger partial charge in [-0.15, -0.1) is 0 Å². The fourth-order valence-corrected chi connectivity index (χ4v) is 2.78. The number of hydrogen-bond donors (Lipinski definition) is 3. The predicted octanol–water partition coefficient (Wildman–Crippen LogP) is 5.71. The molecule has 1 aromatic rings. The number of nitrogens with zero attached hydrogens (tertiary/aromatic N) is 2. The summed E-state index contributed by atoms with van der Waals surface area (Å²) in [6, 6.07) is 3.81. The van der Waals surface area contributed by atoms with Crippen molar-refractivity contribution in [1.29, 1.82) is 0 Å². The zero-order valence-electron chi connectivity index (χ0n) is 22.4. The third-order valence-electron chi connectivity index (χ3n) is 4.39. The molecule has 2 atom stereocenters. The first kappa shape index (κ1) is 33.3. The van der Waals surface area contributed by atoms with Gasteiger partial charge >= 0.3 is 0 Å². The Morgan fingerprint density at radius 1 is 1.29 bits per heavy atom. The van der Waals surface area contributed by atoms with Crippen LogP contribution in [0.15, 0.2) is 77.7 Å². The van der Waals surface area contributed by atoms with Gasteiger partial charge < -0.3 is 15.7 Å². The lowest BCUT2D eigenvalue weighted by atomic mass is 10.0. The van der Waals surface area contributed by atoms with E-state index in [9.17, 15) is 9.90 Å². The minimum absolute atomic E-state index is 0.110. The Labute approximate surface area is 207 Å².